The summed E-state index contributed by atoms with van der Waals surface area (Å²) >= 11 is 0. The highest BCUT2D eigenvalue weighted by Gasteiger charge is 2.28. The molecule has 5 heteroatoms. The van der Waals surface area contributed by atoms with Crippen LogP contribution in [0.15, 0.2) is 12.4 Å². The van der Waals surface area contributed by atoms with Crippen LogP contribution in [0.25, 0.3) is 0 Å². The minimum atomic E-state index is -0.842. The van der Waals surface area contributed by atoms with Crippen LogP contribution in [-0.2, 0) is 15.1 Å². The molecule has 82 valence electrons. The van der Waals surface area contributed by atoms with E-state index in [2.05, 4.69) is 14.7 Å². The van der Waals surface area contributed by atoms with E-state index >= 15 is 0 Å². The molecule has 1 rings (SSSR count). The lowest BCUT2D eigenvalue weighted by molar-refractivity contribution is -0.142. The summed E-state index contributed by atoms with van der Waals surface area (Å²) in [6, 6.07) is 0. The van der Waals surface area contributed by atoms with Gasteiger partial charge in [-0.3, -0.25) is 14.8 Å². The minimum absolute atomic E-state index is 0.0863. The Labute approximate surface area is 88.7 Å². The second-order valence-electron chi connectivity index (χ2n) is 3.66. The van der Waals surface area contributed by atoms with Gasteiger partial charge in [0.25, 0.3) is 0 Å². The van der Waals surface area contributed by atoms with E-state index in [4.69, 9.17) is 5.73 Å². The van der Waals surface area contributed by atoms with Crippen molar-refractivity contribution in [2.45, 2.75) is 25.8 Å². The van der Waals surface area contributed by atoms with E-state index < -0.39 is 5.54 Å². The number of nitrogens with zero attached hydrogens (tertiary/aromatic N) is 2. The fourth-order valence-corrected chi connectivity index (χ4v) is 1.42. The molecule has 0 saturated carbocycles. The highest BCUT2D eigenvalue weighted by atomic mass is 16.5. The molecule has 1 aromatic heterocycles. The summed E-state index contributed by atoms with van der Waals surface area (Å²) in [7, 11) is 1.34. The minimum Gasteiger partial charge on any atom is -0.469 e. The van der Waals surface area contributed by atoms with Crippen molar-refractivity contribution in [3.8, 4) is 0 Å². The first-order chi connectivity index (χ1) is 6.97. The van der Waals surface area contributed by atoms with Crippen LogP contribution in [0.3, 0.4) is 0 Å². The number of rotatable bonds is 3. The summed E-state index contributed by atoms with van der Waals surface area (Å²) in [4.78, 5) is 19.4. The molecule has 1 unspecified atom stereocenters. The van der Waals surface area contributed by atoms with Crippen LogP contribution >= 0.6 is 0 Å². The van der Waals surface area contributed by atoms with E-state index in [0.717, 1.165) is 5.69 Å². The van der Waals surface area contributed by atoms with Crippen molar-refractivity contribution in [2.24, 2.45) is 5.73 Å². The standard InChI is InChI=1S/C10H15N3O2/c1-7-9(13-5-4-12-7)10(2,11)6-8(14)15-3/h4-5H,6,11H2,1-3H3. The first-order valence-electron chi connectivity index (χ1n) is 4.61. The van der Waals surface area contributed by atoms with Crippen molar-refractivity contribution in [1.82, 2.24) is 9.97 Å². The first-order valence-corrected chi connectivity index (χ1v) is 4.61. The SMILES string of the molecule is COC(=O)CC(C)(N)c1nccnc1C. The molecule has 1 aromatic rings. The van der Waals surface area contributed by atoms with E-state index in [1.807, 2.05) is 6.92 Å². The van der Waals surface area contributed by atoms with Crippen LogP contribution in [0.5, 0.6) is 0 Å². The summed E-state index contributed by atoms with van der Waals surface area (Å²) < 4.78 is 4.58. The van der Waals surface area contributed by atoms with Crippen LogP contribution < -0.4 is 5.73 Å². The van der Waals surface area contributed by atoms with Gasteiger partial charge in [-0.25, -0.2) is 0 Å². The highest BCUT2D eigenvalue weighted by molar-refractivity contribution is 5.71. The number of methoxy groups -OCH3 is 1. The fourth-order valence-electron chi connectivity index (χ4n) is 1.42. The number of nitrogens with two attached hydrogens (primary N) is 1. The van der Waals surface area contributed by atoms with Crippen LogP contribution in [0.4, 0.5) is 0 Å². The molecular formula is C10H15N3O2. The second-order valence-corrected chi connectivity index (χ2v) is 3.66. The Morgan fingerprint density at radius 3 is 2.67 bits per heavy atom. The molecular weight excluding hydrogens is 194 g/mol. The van der Waals surface area contributed by atoms with E-state index in [1.165, 1.54) is 7.11 Å². The van der Waals surface area contributed by atoms with Crippen molar-refractivity contribution in [3.05, 3.63) is 23.8 Å². The second kappa shape index (κ2) is 4.35. The topological polar surface area (TPSA) is 78.1 Å². The lowest BCUT2D eigenvalue weighted by Gasteiger charge is -2.23. The van der Waals surface area contributed by atoms with Gasteiger partial charge in [-0.15, -0.1) is 0 Å². The maximum atomic E-state index is 11.2. The Balaban J connectivity index is 2.95. The van der Waals surface area contributed by atoms with Crippen LogP contribution in [0.2, 0.25) is 0 Å². The largest absolute Gasteiger partial charge is 0.469 e. The third kappa shape index (κ3) is 2.73. The van der Waals surface area contributed by atoms with Crippen LogP contribution in [0.1, 0.15) is 24.7 Å². The molecule has 2 N–H and O–H groups in total. The molecule has 0 fully saturated rings. The summed E-state index contributed by atoms with van der Waals surface area (Å²) in [6.45, 7) is 3.55. The number of hydrogen-bond donors (Lipinski definition) is 1. The molecule has 0 spiro atoms. The maximum Gasteiger partial charge on any atom is 0.307 e. The van der Waals surface area contributed by atoms with Crippen molar-refractivity contribution in [1.29, 1.82) is 0 Å². The Bertz CT molecular complexity index is 363. The van der Waals surface area contributed by atoms with E-state index in [9.17, 15) is 4.79 Å². The predicted molar refractivity (Wildman–Crippen MR) is 54.9 cm³/mol. The van der Waals surface area contributed by atoms with Crippen molar-refractivity contribution in [2.75, 3.05) is 7.11 Å². The molecule has 0 amide bonds. The summed E-state index contributed by atoms with van der Waals surface area (Å²) in [6.07, 6.45) is 3.24. The maximum absolute atomic E-state index is 11.2. The lowest BCUT2D eigenvalue weighted by Crippen LogP contribution is -2.37. The molecule has 5 nitrogen and oxygen atoms in total. The van der Waals surface area contributed by atoms with Crippen LogP contribution in [-0.4, -0.2) is 23.0 Å². The number of carbonyl (C=O) groups is 1. The van der Waals surface area contributed by atoms with E-state index in [-0.39, 0.29) is 12.4 Å². The first kappa shape index (κ1) is 11.6. The van der Waals surface area contributed by atoms with Gasteiger partial charge in [0.15, 0.2) is 0 Å². The quantitative estimate of drug-likeness (QED) is 0.734. The van der Waals surface area contributed by atoms with Gasteiger partial charge in [0.2, 0.25) is 0 Å². The Kier molecular flexibility index (Phi) is 3.36. The molecule has 0 radical (unpaired) electrons. The zero-order valence-corrected chi connectivity index (χ0v) is 9.15. The summed E-state index contributed by atoms with van der Waals surface area (Å²) in [5.41, 5.74) is 6.52. The third-order valence-electron chi connectivity index (χ3n) is 2.16. The van der Waals surface area contributed by atoms with Crippen molar-refractivity contribution in [3.63, 3.8) is 0 Å². The Morgan fingerprint density at radius 2 is 2.13 bits per heavy atom. The molecule has 15 heavy (non-hydrogen) atoms. The van der Waals surface area contributed by atoms with Crippen molar-refractivity contribution >= 4 is 5.97 Å². The monoisotopic (exact) mass is 209 g/mol. The lowest BCUT2D eigenvalue weighted by atomic mass is 9.93. The average molecular weight is 209 g/mol. The van der Waals surface area contributed by atoms with Gasteiger partial charge >= 0.3 is 5.97 Å². The van der Waals surface area contributed by atoms with Gasteiger partial charge < -0.3 is 10.5 Å². The molecule has 0 aromatic carbocycles. The Hall–Kier alpha value is -1.49. The number of aromatic nitrogens is 2. The average Bonchev–Trinajstić information content (AvgIpc) is 2.17. The smallest absolute Gasteiger partial charge is 0.307 e. The fraction of sp³-hybridized carbons (Fsp3) is 0.500. The predicted octanol–water partition coefficient (Wildman–Crippen LogP) is 0.522. The van der Waals surface area contributed by atoms with Gasteiger partial charge in [-0.05, 0) is 13.8 Å². The van der Waals surface area contributed by atoms with Gasteiger partial charge in [-0.2, -0.15) is 0 Å². The molecule has 0 aliphatic rings. The van der Waals surface area contributed by atoms with E-state index in [0.29, 0.717) is 5.69 Å². The number of esters is 1. The highest BCUT2D eigenvalue weighted by Crippen LogP contribution is 2.21. The molecule has 0 saturated heterocycles. The van der Waals surface area contributed by atoms with Crippen molar-refractivity contribution < 1.29 is 9.53 Å². The van der Waals surface area contributed by atoms with E-state index in [1.54, 1.807) is 19.3 Å². The zero-order valence-electron chi connectivity index (χ0n) is 9.15. The Morgan fingerprint density at radius 1 is 1.53 bits per heavy atom. The molecule has 1 heterocycles. The summed E-state index contributed by atoms with van der Waals surface area (Å²) in [5.74, 6) is -0.356. The van der Waals surface area contributed by atoms with Gasteiger partial charge in [-0.1, -0.05) is 0 Å². The van der Waals surface area contributed by atoms with Gasteiger partial charge in [0, 0.05) is 12.4 Å². The normalized spacial score (nSPS) is 14.4. The van der Waals surface area contributed by atoms with Crippen LogP contribution in [0, 0.1) is 6.92 Å². The van der Waals surface area contributed by atoms with Gasteiger partial charge in [0.1, 0.15) is 0 Å². The molecule has 0 aliphatic carbocycles. The number of ether oxygens (including phenoxy) is 1. The third-order valence-corrected chi connectivity index (χ3v) is 2.16. The van der Waals surface area contributed by atoms with Gasteiger partial charge in [0.05, 0.1) is 30.5 Å². The number of carbonyl (C=O) groups excluding carboxylic acids is 1. The molecule has 1 atom stereocenters. The zero-order chi connectivity index (χ0) is 11.5. The molecule has 0 aliphatic heterocycles. The summed E-state index contributed by atoms with van der Waals surface area (Å²) in [5, 5.41) is 0. The number of aryl methyl sites for hydroxylation is 1. The molecule has 0 bridgehead atoms. The number of hydrogen-bond acceptors (Lipinski definition) is 5.